The summed E-state index contributed by atoms with van der Waals surface area (Å²) in [5.41, 5.74) is 6.29. The topological polar surface area (TPSA) is 145 Å². The third-order valence-electron chi connectivity index (χ3n) is 3.37. The van der Waals surface area contributed by atoms with Crippen LogP contribution < -0.4 is 11.1 Å². The van der Waals surface area contributed by atoms with Crippen LogP contribution in [0.15, 0.2) is 24.3 Å². The molecule has 1 fully saturated rings. The summed E-state index contributed by atoms with van der Waals surface area (Å²) in [6.07, 6.45) is -5.54. The average Bonchev–Trinajstić information content (AvgIpc) is 2.47. The highest BCUT2D eigenvalue weighted by Crippen LogP contribution is 2.20. The van der Waals surface area contributed by atoms with Gasteiger partial charge in [-0.15, -0.1) is 0 Å². The van der Waals surface area contributed by atoms with Gasteiger partial charge in [0.15, 0.2) is 6.29 Å². The van der Waals surface area contributed by atoms with Crippen LogP contribution in [0, 0.1) is 0 Å². The van der Waals surface area contributed by atoms with Crippen LogP contribution in [0.25, 0.3) is 0 Å². The predicted molar refractivity (Wildman–Crippen MR) is 72.1 cm³/mol. The van der Waals surface area contributed by atoms with E-state index in [4.69, 9.17) is 15.6 Å². The van der Waals surface area contributed by atoms with Crippen LogP contribution in [0.5, 0.6) is 0 Å². The minimum absolute atomic E-state index is 0.280. The lowest BCUT2D eigenvalue weighted by molar-refractivity contribution is -0.252. The van der Waals surface area contributed by atoms with Crippen LogP contribution in [0.2, 0.25) is 0 Å². The zero-order valence-electron chi connectivity index (χ0n) is 11.1. The van der Waals surface area contributed by atoms with E-state index in [0.717, 1.165) is 0 Å². The van der Waals surface area contributed by atoms with Crippen LogP contribution in [-0.2, 0) is 4.74 Å². The summed E-state index contributed by atoms with van der Waals surface area (Å²) in [4.78, 5) is 12.0. The molecule has 0 radical (unpaired) electrons. The second kappa shape index (κ2) is 6.37. The first-order valence-electron chi connectivity index (χ1n) is 6.41. The number of aliphatic hydroxyl groups excluding tert-OH is 4. The summed E-state index contributed by atoms with van der Waals surface area (Å²) in [5.74, 6) is -0.559. The summed E-state index contributed by atoms with van der Waals surface area (Å²) in [6.45, 7) is -0.562. The SMILES string of the molecule is Nc1ccc(C(=O)N[C@H]2[C@@H](O)[C@H](O)[C@@H](CO)O[C@@H]2O)cc1. The zero-order chi connectivity index (χ0) is 15.6. The summed E-state index contributed by atoms with van der Waals surface area (Å²) in [5, 5.41) is 40.7. The highest BCUT2D eigenvalue weighted by molar-refractivity contribution is 5.94. The molecule has 8 nitrogen and oxygen atoms in total. The number of benzene rings is 1. The van der Waals surface area contributed by atoms with E-state index in [1.807, 2.05) is 0 Å². The zero-order valence-corrected chi connectivity index (χ0v) is 11.1. The lowest BCUT2D eigenvalue weighted by atomic mass is 9.97. The van der Waals surface area contributed by atoms with Crippen LogP contribution >= 0.6 is 0 Å². The molecule has 0 bridgehead atoms. The molecular formula is C13H18N2O6. The Morgan fingerprint density at radius 1 is 1.19 bits per heavy atom. The summed E-state index contributed by atoms with van der Waals surface area (Å²) in [7, 11) is 0. The van der Waals surface area contributed by atoms with Crippen molar-refractivity contribution in [1.82, 2.24) is 5.32 Å². The number of anilines is 1. The molecule has 1 aromatic rings. The Kier molecular flexibility index (Phi) is 4.76. The number of nitrogens with one attached hydrogen (secondary N) is 1. The van der Waals surface area contributed by atoms with E-state index in [1.54, 1.807) is 0 Å². The lowest BCUT2D eigenvalue weighted by Gasteiger charge is -2.40. The Balaban J connectivity index is 2.07. The average molecular weight is 298 g/mol. The Hall–Kier alpha value is -1.71. The predicted octanol–water partition coefficient (Wildman–Crippen LogP) is -2.20. The number of rotatable bonds is 3. The third kappa shape index (κ3) is 3.31. The molecule has 116 valence electrons. The molecule has 8 heteroatoms. The molecule has 0 saturated carbocycles. The molecule has 1 aromatic carbocycles. The van der Waals surface area contributed by atoms with Crippen molar-refractivity contribution in [3.63, 3.8) is 0 Å². The number of hydrogen-bond donors (Lipinski definition) is 6. The Bertz CT molecular complexity index is 494. The van der Waals surface area contributed by atoms with Crippen LogP contribution in [0.3, 0.4) is 0 Å². The van der Waals surface area contributed by atoms with Gasteiger partial charge in [0.1, 0.15) is 24.4 Å². The highest BCUT2D eigenvalue weighted by Gasteiger charge is 2.44. The summed E-state index contributed by atoms with van der Waals surface area (Å²) < 4.78 is 4.95. The molecular weight excluding hydrogens is 280 g/mol. The maximum absolute atomic E-state index is 12.0. The number of nitrogens with two attached hydrogens (primary N) is 1. The smallest absolute Gasteiger partial charge is 0.251 e. The van der Waals surface area contributed by atoms with Crippen molar-refractivity contribution >= 4 is 11.6 Å². The van der Waals surface area contributed by atoms with Crippen molar-refractivity contribution in [3.8, 4) is 0 Å². The van der Waals surface area contributed by atoms with Crippen molar-refractivity contribution < 1.29 is 30.0 Å². The van der Waals surface area contributed by atoms with E-state index >= 15 is 0 Å². The van der Waals surface area contributed by atoms with E-state index in [0.29, 0.717) is 5.69 Å². The molecule has 1 amide bonds. The minimum atomic E-state index is -1.54. The summed E-state index contributed by atoms with van der Waals surface area (Å²) in [6, 6.07) is 4.83. The Labute approximate surface area is 120 Å². The Morgan fingerprint density at radius 2 is 1.81 bits per heavy atom. The van der Waals surface area contributed by atoms with Crippen LogP contribution in [-0.4, -0.2) is 63.6 Å². The normalized spacial score (nSPS) is 32.7. The van der Waals surface area contributed by atoms with Crippen molar-refractivity contribution in [2.24, 2.45) is 0 Å². The van der Waals surface area contributed by atoms with Gasteiger partial charge in [0.05, 0.1) is 6.61 Å². The van der Waals surface area contributed by atoms with Gasteiger partial charge in [0.2, 0.25) is 0 Å². The fourth-order valence-electron chi connectivity index (χ4n) is 2.12. The monoisotopic (exact) mass is 298 g/mol. The quantitative estimate of drug-likeness (QED) is 0.347. The minimum Gasteiger partial charge on any atom is -0.399 e. The number of nitrogen functional groups attached to an aromatic ring is 1. The molecule has 0 unspecified atom stereocenters. The van der Waals surface area contributed by atoms with Gasteiger partial charge in [0, 0.05) is 11.3 Å². The van der Waals surface area contributed by atoms with Gasteiger partial charge in [-0.25, -0.2) is 0 Å². The molecule has 0 aromatic heterocycles. The van der Waals surface area contributed by atoms with Gasteiger partial charge < -0.3 is 36.2 Å². The van der Waals surface area contributed by atoms with Crippen LogP contribution in [0.1, 0.15) is 10.4 Å². The summed E-state index contributed by atoms with van der Waals surface area (Å²) >= 11 is 0. The number of ether oxygens (including phenoxy) is 1. The molecule has 5 atom stereocenters. The highest BCUT2D eigenvalue weighted by atomic mass is 16.6. The molecule has 1 aliphatic rings. The van der Waals surface area contributed by atoms with E-state index in [9.17, 15) is 20.1 Å². The van der Waals surface area contributed by atoms with Crippen LogP contribution in [0.4, 0.5) is 5.69 Å². The lowest BCUT2D eigenvalue weighted by Crippen LogP contribution is -2.64. The fourth-order valence-corrected chi connectivity index (χ4v) is 2.12. The van der Waals surface area contributed by atoms with Crippen molar-refractivity contribution in [3.05, 3.63) is 29.8 Å². The van der Waals surface area contributed by atoms with E-state index in [2.05, 4.69) is 5.32 Å². The van der Waals surface area contributed by atoms with E-state index in [1.165, 1.54) is 24.3 Å². The maximum Gasteiger partial charge on any atom is 0.251 e. The van der Waals surface area contributed by atoms with Gasteiger partial charge in [-0.05, 0) is 24.3 Å². The number of hydrogen-bond acceptors (Lipinski definition) is 7. The molecule has 2 rings (SSSR count). The number of carbonyl (C=O) groups excluding carboxylic acids is 1. The van der Waals surface area contributed by atoms with Gasteiger partial charge in [-0.3, -0.25) is 4.79 Å². The third-order valence-corrected chi connectivity index (χ3v) is 3.37. The molecule has 0 aliphatic carbocycles. The van der Waals surface area contributed by atoms with E-state index in [-0.39, 0.29) is 5.56 Å². The molecule has 0 spiro atoms. The van der Waals surface area contributed by atoms with Crippen molar-refractivity contribution in [2.45, 2.75) is 30.6 Å². The molecule has 1 heterocycles. The molecule has 1 saturated heterocycles. The van der Waals surface area contributed by atoms with Crippen molar-refractivity contribution in [1.29, 1.82) is 0 Å². The number of amides is 1. The molecule has 1 aliphatic heterocycles. The number of carbonyl (C=O) groups is 1. The molecule has 21 heavy (non-hydrogen) atoms. The standard InChI is InChI=1S/C13H18N2O6/c14-7-3-1-6(2-4-7)12(19)15-9-11(18)10(17)8(5-16)21-13(9)20/h1-4,8-11,13,16-18,20H,5,14H2,(H,15,19)/t8-,9+,10-,11-,13+/m1/s1. The molecule has 7 N–H and O–H groups in total. The maximum atomic E-state index is 12.0. The first-order valence-corrected chi connectivity index (χ1v) is 6.41. The number of aliphatic hydroxyl groups is 4. The first-order chi connectivity index (χ1) is 9.93. The van der Waals surface area contributed by atoms with Gasteiger partial charge in [-0.1, -0.05) is 0 Å². The first kappa shape index (κ1) is 15.7. The second-order valence-corrected chi connectivity index (χ2v) is 4.85. The van der Waals surface area contributed by atoms with Gasteiger partial charge >= 0.3 is 0 Å². The van der Waals surface area contributed by atoms with E-state index < -0.39 is 43.2 Å². The van der Waals surface area contributed by atoms with Crippen molar-refractivity contribution in [2.75, 3.05) is 12.3 Å². The van der Waals surface area contributed by atoms with Gasteiger partial charge in [-0.2, -0.15) is 0 Å². The fraction of sp³-hybridized carbons (Fsp3) is 0.462. The Morgan fingerprint density at radius 3 is 2.38 bits per heavy atom. The second-order valence-electron chi connectivity index (χ2n) is 4.85. The van der Waals surface area contributed by atoms with Gasteiger partial charge in [0.25, 0.3) is 5.91 Å². The largest absolute Gasteiger partial charge is 0.399 e.